The van der Waals surface area contributed by atoms with Crippen LogP contribution < -0.4 is 5.32 Å². The third-order valence-corrected chi connectivity index (χ3v) is 2.69. The van der Waals surface area contributed by atoms with Gasteiger partial charge in [-0.2, -0.15) is 5.26 Å². The van der Waals surface area contributed by atoms with E-state index < -0.39 is 5.97 Å². The number of rotatable bonds is 5. The average molecular weight is 260 g/mol. The zero-order valence-corrected chi connectivity index (χ0v) is 11.6. The Kier molecular flexibility index (Phi) is 4.94. The standard InChI is InChI=1S/C15H20N2O2/c1-15(2,3)9-12(8-14(18)19)17-13-7-5-4-6-11(13)10-16/h4-7,12,17H,8-9H2,1-3H3,(H,18,19). The van der Waals surface area contributed by atoms with E-state index in [1.54, 1.807) is 18.2 Å². The summed E-state index contributed by atoms with van der Waals surface area (Å²) >= 11 is 0. The normalized spacial score (nSPS) is 12.5. The highest BCUT2D eigenvalue weighted by atomic mass is 16.4. The Morgan fingerprint density at radius 3 is 2.58 bits per heavy atom. The number of hydrogen-bond donors (Lipinski definition) is 2. The zero-order chi connectivity index (χ0) is 14.5. The van der Waals surface area contributed by atoms with Crippen molar-refractivity contribution in [2.24, 2.45) is 5.41 Å². The van der Waals surface area contributed by atoms with Crippen LogP contribution in [-0.2, 0) is 4.79 Å². The molecule has 1 atom stereocenters. The van der Waals surface area contributed by atoms with Gasteiger partial charge in [-0.3, -0.25) is 4.79 Å². The molecule has 1 aromatic carbocycles. The topological polar surface area (TPSA) is 73.1 Å². The number of nitrogens with zero attached hydrogens (tertiary/aromatic N) is 1. The highest BCUT2D eigenvalue weighted by Gasteiger charge is 2.21. The molecule has 4 heteroatoms. The fourth-order valence-electron chi connectivity index (χ4n) is 2.05. The molecule has 0 aromatic heterocycles. The molecule has 102 valence electrons. The van der Waals surface area contributed by atoms with E-state index in [2.05, 4.69) is 32.2 Å². The summed E-state index contributed by atoms with van der Waals surface area (Å²) in [7, 11) is 0. The minimum Gasteiger partial charge on any atom is -0.481 e. The van der Waals surface area contributed by atoms with Crippen LogP contribution in [0.4, 0.5) is 5.69 Å². The van der Waals surface area contributed by atoms with Crippen molar-refractivity contribution in [1.29, 1.82) is 5.26 Å². The molecule has 0 heterocycles. The van der Waals surface area contributed by atoms with Gasteiger partial charge in [0.15, 0.2) is 0 Å². The van der Waals surface area contributed by atoms with Gasteiger partial charge in [0.1, 0.15) is 6.07 Å². The van der Waals surface area contributed by atoms with Crippen molar-refractivity contribution in [2.45, 2.75) is 39.7 Å². The minimum atomic E-state index is -0.837. The highest BCUT2D eigenvalue weighted by molar-refractivity contribution is 5.69. The van der Waals surface area contributed by atoms with Crippen molar-refractivity contribution >= 4 is 11.7 Å². The molecule has 1 aromatic rings. The second-order valence-corrected chi connectivity index (χ2v) is 5.86. The summed E-state index contributed by atoms with van der Waals surface area (Å²) in [6, 6.07) is 9.06. The quantitative estimate of drug-likeness (QED) is 0.852. The van der Waals surface area contributed by atoms with Crippen molar-refractivity contribution in [3.63, 3.8) is 0 Å². The van der Waals surface area contributed by atoms with Crippen LogP contribution >= 0.6 is 0 Å². The lowest BCUT2D eigenvalue weighted by molar-refractivity contribution is -0.137. The first-order chi connectivity index (χ1) is 8.81. The summed E-state index contributed by atoms with van der Waals surface area (Å²) in [4.78, 5) is 10.9. The number of anilines is 1. The van der Waals surface area contributed by atoms with Crippen molar-refractivity contribution in [1.82, 2.24) is 0 Å². The number of aliphatic carboxylic acids is 1. The van der Waals surface area contributed by atoms with Crippen molar-refractivity contribution in [3.8, 4) is 6.07 Å². The molecule has 0 fully saturated rings. The van der Waals surface area contributed by atoms with Crippen LogP contribution in [0.25, 0.3) is 0 Å². The molecule has 0 aliphatic heterocycles. The van der Waals surface area contributed by atoms with Gasteiger partial charge in [-0.25, -0.2) is 0 Å². The summed E-state index contributed by atoms with van der Waals surface area (Å²) in [5, 5.41) is 21.2. The Morgan fingerprint density at radius 1 is 1.42 bits per heavy atom. The summed E-state index contributed by atoms with van der Waals surface area (Å²) in [5.74, 6) is -0.837. The molecule has 19 heavy (non-hydrogen) atoms. The third kappa shape index (κ3) is 5.43. The summed E-state index contributed by atoms with van der Waals surface area (Å²) in [6.45, 7) is 6.21. The molecule has 0 spiro atoms. The number of hydrogen-bond acceptors (Lipinski definition) is 3. The molecule has 0 aliphatic carbocycles. The highest BCUT2D eigenvalue weighted by Crippen LogP contribution is 2.25. The van der Waals surface area contributed by atoms with Crippen molar-refractivity contribution in [3.05, 3.63) is 29.8 Å². The largest absolute Gasteiger partial charge is 0.481 e. The van der Waals surface area contributed by atoms with Crippen LogP contribution in [0.3, 0.4) is 0 Å². The van der Waals surface area contributed by atoms with E-state index in [1.165, 1.54) is 0 Å². The minimum absolute atomic E-state index is 0.0225. The van der Waals surface area contributed by atoms with Crippen LogP contribution in [0.5, 0.6) is 0 Å². The molecule has 1 rings (SSSR count). The van der Waals surface area contributed by atoms with Gasteiger partial charge >= 0.3 is 5.97 Å². The SMILES string of the molecule is CC(C)(C)CC(CC(=O)O)Nc1ccccc1C#N. The lowest BCUT2D eigenvalue weighted by atomic mass is 9.87. The molecular weight excluding hydrogens is 240 g/mol. The van der Waals surface area contributed by atoms with Crippen LogP contribution in [0.2, 0.25) is 0 Å². The van der Waals surface area contributed by atoms with Crippen LogP contribution in [0.15, 0.2) is 24.3 Å². The fraction of sp³-hybridized carbons (Fsp3) is 0.467. The molecule has 0 aliphatic rings. The van der Waals surface area contributed by atoms with E-state index in [-0.39, 0.29) is 17.9 Å². The maximum Gasteiger partial charge on any atom is 0.305 e. The Balaban J connectivity index is 2.88. The number of benzene rings is 1. The maximum absolute atomic E-state index is 10.9. The van der Waals surface area contributed by atoms with Crippen LogP contribution in [0, 0.1) is 16.7 Å². The lowest BCUT2D eigenvalue weighted by Crippen LogP contribution is -2.28. The molecule has 4 nitrogen and oxygen atoms in total. The Morgan fingerprint density at radius 2 is 2.05 bits per heavy atom. The summed E-state index contributed by atoms with van der Waals surface area (Å²) in [5.41, 5.74) is 1.25. The molecular formula is C15H20N2O2. The van der Waals surface area contributed by atoms with Gasteiger partial charge in [0.05, 0.1) is 17.7 Å². The number of carboxylic acids is 1. The molecule has 0 amide bonds. The first-order valence-electron chi connectivity index (χ1n) is 6.29. The predicted octanol–water partition coefficient (Wildman–Crippen LogP) is 3.25. The number of nitriles is 1. The Labute approximate surface area is 114 Å². The lowest BCUT2D eigenvalue weighted by Gasteiger charge is -2.26. The number of para-hydroxylation sites is 1. The predicted molar refractivity (Wildman–Crippen MR) is 74.9 cm³/mol. The second-order valence-electron chi connectivity index (χ2n) is 5.86. The smallest absolute Gasteiger partial charge is 0.305 e. The van der Waals surface area contributed by atoms with Crippen LogP contribution in [0.1, 0.15) is 39.2 Å². The summed E-state index contributed by atoms with van der Waals surface area (Å²) < 4.78 is 0. The van der Waals surface area contributed by atoms with Gasteiger partial charge in [0.25, 0.3) is 0 Å². The maximum atomic E-state index is 10.9. The monoisotopic (exact) mass is 260 g/mol. The van der Waals surface area contributed by atoms with Gasteiger partial charge in [0, 0.05) is 6.04 Å². The number of carbonyl (C=O) groups is 1. The van der Waals surface area contributed by atoms with Gasteiger partial charge in [0.2, 0.25) is 0 Å². The number of carboxylic acid groups (broad SMARTS) is 1. The molecule has 1 unspecified atom stereocenters. The Bertz CT molecular complexity index is 484. The molecule has 2 N–H and O–H groups in total. The Hall–Kier alpha value is -2.02. The fourth-order valence-corrected chi connectivity index (χ4v) is 2.05. The van der Waals surface area contributed by atoms with E-state index >= 15 is 0 Å². The van der Waals surface area contributed by atoms with E-state index in [4.69, 9.17) is 10.4 Å². The van der Waals surface area contributed by atoms with Gasteiger partial charge in [-0.05, 0) is 24.0 Å². The van der Waals surface area contributed by atoms with E-state index in [0.717, 1.165) is 6.42 Å². The molecule has 0 saturated heterocycles. The first kappa shape index (κ1) is 15.0. The van der Waals surface area contributed by atoms with E-state index in [1.807, 2.05) is 6.07 Å². The van der Waals surface area contributed by atoms with Crippen molar-refractivity contribution < 1.29 is 9.90 Å². The number of nitrogens with one attached hydrogen (secondary N) is 1. The summed E-state index contributed by atoms with van der Waals surface area (Å²) in [6.07, 6.45) is 0.760. The molecule has 0 radical (unpaired) electrons. The molecule has 0 bridgehead atoms. The van der Waals surface area contributed by atoms with Crippen molar-refractivity contribution in [2.75, 3.05) is 5.32 Å². The third-order valence-electron chi connectivity index (χ3n) is 2.69. The molecule has 0 saturated carbocycles. The second kappa shape index (κ2) is 6.24. The average Bonchev–Trinajstić information content (AvgIpc) is 2.26. The van der Waals surface area contributed by atoms with Gasteiger partial charge < -0.3 is 10.4 Å². The van der Waals surface area contributed by atoms with Crippen LogP contribution in [-0.4, -0.2) is 17.1 Å². The van der Waals surface area contributed by atoms with E-state index in [9.17, 15) is 4.79 Å². The zero-order valence-electron chi connectivity index (χ0n) is 11.6. The first-order valence-corrected chi connectivity index (χ1v) is 6.29. The van der Waals surface area contributed by atoms with E-state index in [0.29, 0.717) is 11.3 Å². The van der Waals surface area contributed by atoms with Gasteiger partial charge in [-0.1, -0.05) is 32.9 Å². The van der Waals surface area contributed by atoms with Gasteiger partial charge in [-0.15, -0.1) is 0 Å².